The fourth-order valence-corrected chi connectivity index (χ4v) is 3.98. The number of fused-ring (bicyclic) bond motifs is 1. The summed E-state index contributed by atoms with van der Waals surface area (Å²) in [6.45, 7) is 12.2. The van der Waals surface area contributed by atoms with E-state index in [1.807, 2.05) is 32.9 Å². The van der Waals surface area contributed by atoms with Crippen LogP contribution in [0.4, 0.5) is 0 Å². The van der Waals surface area contributed by atoms with Crippen molar-refractivity contribution in [3.63, 3.8) is 0 Å². The summed E-state index contributed by atoms with van der Waals surface area (Å²) < 4.78 is 12.0. The van der Waals surface area contributed by atoms with Crippen LogP contribution in [0.1, 0.15) is 93.5 Å². The molecule has 0 saturated carbocycles. The lowest BCUT2D eigenvalue weighted by Gasteiger charge is -2.20. The lowest BCUT2D eigenvalue weighted by Crippen LogP contribution is -2.26. The molecule has 0 radical (unpaired) electrons. The summed E-state index contributed by atoms with van der Waals surface area (Å²) in [5, 5.41) is 10.1. The van der Waals surface area contributed by atoms with Gasteiger partial charge in [0.25, 0.3) is 0 Å². The molecule has 1 heterocycles. The number of carbonyl (C=O) groups excluding carboxylic acids is 1. The van der Waals surface area contributed by atoms with E-state index in [4.69, 9.17) is 9.15 Å². The second kappa shape index (κ2) is 10.5. The third-order valence-electron chi connectivity index (χ3n) is 6.35. The van der Waals surface area contributed by atoms with E-state index in [1.54, 1.807) is 18.2 Å². The Bertz CT molecular complexity index is 1160. The molecule has 3 rings (SSSR count). The van der Waals surface area contributed by atoms with Gasteiger partial charge in [0, 0.05) is 16.7 Å². The number of ketones is 1. The molecule has 2 aromatic carbocycles. The highest BCUT2D eigenvalue weighted by Gasteiger charge is 2.22. The Morgan fingerprint density at radius 2 is 1.79 bits per heavy atom. The number of carboxylic acids is 1. The number of aromatic carboxylic acids is 1. The molecule has 182 valence electrons. The van der Waals surface area contributed by atoms with E-state index in [1.165, 1.54) is 5.56 Å². The summed E-state index contributed by atoms with van der Waals surface area (Å²) in [6, 6.07) is 13.2. The van der Waals surface area contributed by atoms with E-state index in [9.17, 15) is 14.7 Å². The van der Waals surface area contributed by atoms with E-state index in [0.29, 0.717) is 5.58 Å². The van der Waals surface area contributed by atoms with Crippen LogP contribution in [0.25, 0.3) is 11.0 Å². The fraction of sp³-hybridized carbons (Fsp3) is 0.448. The predicted molar refractivity (Wildman–Crippen MR) is 135 cm³/mol. The van der Waals surface area contributed by atoms with Gasteiger partial charge in [-0.25, -0.2) is 4.79 Å². The van der Waals surface area contributed by atoms with Crippen LogP contribution < -0.4 is 4.74 Å². The minimum atomic E-state index is -0.937. The first-order valence-corrected chi connectivity index (χ1v) is 12.0. The van der Waals surface area contributed by atoms with Gasteiger partial charge in [0.15, 0.2) is 5.78 Å². The second-order valence-electron chi connectivity index (χ2n) is 10.3. The molecule has 5 nitrogen and oxygen atoms in total. The molecule has 5 heteroatoms. The molecule has 0 amide bonds. The van der Waals surface area contributed by atoms with Gasteiger partial charge in [-0.2, -0.15) is 0 Å². The quantitative estimate of drug-likeness (QED) is 0.339. The largest absolute Gasteiger partial charge is 0.486 e. The maximum Gasteiger partial charge on any atom is 0.335 e. The highest BCUT2D eigenvalue weighted by Crippen LogP contribution is 2.33. The van der Waals surface area contributed by atoms with Crippen LogP contribution in [0, 0.1) is 5.41 Å². The van der Waals surface area contributed by atoms with Gasteiger partial charge in [-0.1, -0.05) is 53.7 Å². The zero-order valence-corrected chi connectivity index (χ0v) is 21.1. The molecule has 0 aliphatic rings. The van der Waals surface area contributed by atoms with E-state index >= 15 is 0 Å². The van der Waals surface area contributed by atoms with Crippen LogP contribution in [-0.2, 0) is 11.2 Å². The minimum Gasteiger partial charge on any atom is -0.486 e. The minimum absolute atomic E-state index is 0.0795. The van der Waals surface area contributed by atoms with Crippen molar-refractivity contribution in [1.29, 1.82) is 0 Å². The van der Waals surface area contributed by atoms with Crippen molar-refractivity contribution in [2.45, 2.75) is 72.6 Å². The predicted octanol–water partition coefficient (Wildman–Crippen LogP) is 7.37. The zero-order chi connectivity index (χ0) is 25.0. The van der Waals surface area contributed by atoms with Crippen LogP contribution in [0.3, 0.4) is 0 Å². The molecule has 0 saturated heterocycles. The normalized spacial score (nSPS) is 12.8. The third-order valence-corrected chi connectivity index (χ3v) is 6.35. The van der Waals surface area contributed by atoms with Crippen LogP contribution in [0.2, 0.25) is 0 Å². The average Bonchev–Trinajstić information content (AvgIpc) is 3.20. The fourth-order valence-electron chi connectivity index (χ4n) is 3.98. The lowest BCUT2D eigenvalue weighted by molar-refractivity contribution is -0.128. The first-order chi connectivity index (χ1) is 16.0. The number of rotatable bonds is 10. The Balaban J connectivity index is 1.73. The van der Waals surface area contributed by atoms with Gasteiger partial charge in [0.1, 0.15) is 23.7 Å². The topological polar surface area (TPSA) is 76.7 Å². The number of hydrogen-bond donors (Lipinski definition) is 1. The van der Waals surface area contributed by atoms with Gasteiger partial charge in [-0.15, -0.1) is 0 Å². The molecule has 0 fully saturated rings. The van der Waals surface area contributed by atoms with Crippen LogP contribution in [-0.4, -0.2) is 23.5 Å². The Kier molecular flexibility index (Phi) is 7.86. The monoisotopic (exact) mass is 464 g/mol. The smallest absolute Gasteiger partial charge is 0.335 e. The molecular formula is C29H36O5. The SMILES string of the molecule is CCC(CCc1ccc(OCC(=O)C(C)(C)C)c(C(C)C)c1)c1cc2cc(C(=O)O)ccc2o1. The van der Waals surface area contributed by atoms with Gasteiger partial charge < -0.3 is 14.3 Å². The molecule has 34 heavy (non-hydrogen) atoms. The summed E-state index contributed by atoms with van der Waals surface area (Å²) in [5.74, 6) is 1.33. The molecule has 0 aliphatic heterocycles. The summed E-state index contributed by atoms with van der Waals surface area (Å²) >= 11 is 0. The number of ether oxygens (including phenoxy) is 1. The van der Waals surface area contributed by atoms with Crippen molar-refractivity contribution in [3.05, 3.63) is 64.9 Å². The third kappa shape index (κ3) is 6.07. The molecular weight excluding hydrogens is 428 g/mol. The molecule has 3 aromatic rings. The Hall–Kier alpha value is -3.08. The van der Waals surface area contributed by atoms with Crippen molar-refractivity contribution in [2.75, 3.05) is 6.61 Å². The first kappa shape index (κ1) is 25.5. The molecule has 1 atom stereocenters. The first-order valence-electron chi connectivity index (χ1n) is 12.0. The number of carboxylic acid groups (broad SMARTS) is 1. The summed E-state index contributed by atoms with van der Waals surface area (Å²) in [6.07, 6.45) is 2.73. The average molecular weight is 465 g/mol. The molecule has 0 aliphatic carbocycles. The van der Waals surface area contributed by atoms with Crippen molar-refractivity contribution in [3.8, 4) is 5.75 Å². The van der Waals surface area contributed by atoms with Crippen molar-refractivity contribution < 1.29 is 23.8 Å². The van der Waals surface area contributed by atoms with Gasteiger partial charge in [-0.05, 0) is 66.6 Å². The molecule has 0 spiro atoms. The number of furan rings is 1. The number of Topliss-reactive ketones (excluding diaryl/α,β-unsaturated/α-hetero) is 1. The van der Waals surface area contributed by atoms with E-state index in [2.05, 4.69) is 32.9 Å². The van der Waals surface area contributed by atoms with Crippen molar-refractivity contribution in [1.82, 2.24) is 0 Å². The van der Waals surface area contributed by atoms with Gasteiger partial charge in [0.05, 0.1) is 5.56 Å². The molecule has 1 aromatic heterocycles. The van der Waals surface area contributed by atoms with E-state index in [-0.39, 0.29) is 29.8 Å². The Morgan fingerprint density at radius 1 is 1.06 bits per heavy atom. The van der Waals surface area contributed by atoms with Gasteiger partial charge in [-0.3, -0.25) is 4.79 Å². The Labute approximate surface area is 202 Å². The van der Waals surface area contributed by atoms with E-state index in [0.717, 1.165) is 41.7 Å². The maximum atomic E-state index is 12.3. The number of carbonyl (C=O) groups is 2. The van der Waals surface area contributed by atoms with Gasteiger partial charge >= 0.3 is 5.97 Å². The number of hydrogen-bond acceptors (Lipinski definition) is 4. The standard InChI is InChI=1S/C29H36O5/c1-7-20(26-16-22-15-21(28(31)32)11-13-24(22)34-26)10-8-19-9-12-25(23(14-19)18(2)3)33-17-27(30)29(4,5)6/h9,11-16,18,20H,7-8,10,17H2,1-6H3,(H,31,32). The van der Waals surface area contributed by atoms with Gasteiger partial charge in [0.2, 0.25) is 0 Å². The van der Waals surface area contributed by atoms with Crippen LogP contribution in [0.15, 0.2) is 46.9 Å². The van der Waals surface area contributed by atoms with Crippen molar-refractivity contribution >= 4 is 22.7 Å². The molecule has 0 bridgehead atoms. The van der Waals surface area contributed by atoms with Crippen LogP contribution in [0.5, 0.6) is 5.75 Å². The highest BCUT2D eigenvalue weighted by atomic mass is 16.5. The molecule has 1 unspecified atom stereocenters. The maximum absolute atomic E-state index is 12.3. The highest BCUT2D eigenvalue weighted by molar-refractivity contribution is 5.93. The zero-order valence-electron chi connectivity index (χ0n) is 21.1. The number of aryl methyl sites for hydroxylation is 1. The number of benzene rings is 2. The summed E-state index contributed by atoms with van der Waals surface area (Å²) in [7, 11) is 0. The summed E-state index contributed by atoms with van der Waals surface area (Å²) in [4.78, 5) is 23.5. The lowest BCUT2D eigenvalue weighted by atomic mass is 9.91. The summed E-state index contributed by atoms with van der Waals surface area (Å²) in [5.41, 5.74) is 2.89. The molecule has 1 N–H and O–H groups in total. The Morgan fingerprint density at radius 3 is 2.41 bits per heavy atom. The van der Waals surface area contributed by atoms with Crippen LogP contribution >= 0.6 is 0 Å². The van der Waals surface area contributed by atoms with E-state index < -0.39 is 11.4 Å². The second-order valence-corrected chi connectivity index (χ2v) is 10.3. The van der Waals surface area contributed by atoms with Crippen molar-refractivity contribution in [2.24, 2.45) is 5.41 Å².